The number of benzene rings is 1. The quantitative estimate of drug-likeness (QED) is 0.774. The molecule has 0 heterocycles. The van der Waals surface area contributed by atoms with Crippen molar-refractivity contribution in [1.29, 1.82) is 0 Å². The maximum atomic E-state index is 11.6. The van der Waals surface area contributed by atoms with Crippen molar-refractivity contribution in [1.82, 2.24) is 5.32 Å². The third-order valence-corrected chi connectivity index (χ3v) is 2.56. The van der Waals surface area contributed by atoms with Gasteiger partial charge in [0.2, 0.25) is 0 Å². The molecule has 2 N–H and O–H groups in total. The van der Waals surface area contributed by atoms with Crippen LogP contribution in [0.25, 0.3) is 0 Å². The average molecular weight is 251 g/mol. The molecule has 0 aliphatic rings. The molecule has 4 nitrogen and oxygen atoms in total. The molecule has 0 aliphatic carbocycles. The third-order valence-electron chi connectivity index (χ3n) is 2.56. The predicted molar refractivity (Wildman–Crippen MR) is 70.6 cm³/mol. The Labute approximate surface area is 108 Å². The van der Waals surface area contributed by atoms with Crippen LogP contribution in [0.4, 0.5) is 0 Å². The Morgan fingerprint density at radius 3 is 2.94 bits per heavy atom. The lowest BCUT2D eigenvalue weighted by Crippen LogP contribution is -2.36. The second-order valence-corrected chi connectivity index (χ2v) is 4.44. The van der Waals surface area contributed by atoms with Gasteiger partial charge in [-0.05, 0) is 44.4 Å². The highest BCUT2D eigenvalue weighted by Gasteiger charge is 2.07. The van der Waals surface area contributed by atoms with E-state index in [2.05, 4.69) is 5.32 Å². The molecular formula is C14H21NO3. The van der Waals surface area contributed by atoms with E-state index in [1.54, 1.807) is 0 Å². The summed E-state index contributed by atoms with van der Waals surface area (Å²) >= 11 is 0. The van der Waals surface area contributed by atoms with Crippen LogP contribution in [0.5, 0.6) is 5.75 Å². The summed E-state index contributed by atoms with van der Waals surface area (Å²) < 4.78 is 5.39. The number of hydrogen-bond acceptors (Lipinski definition) is 3. The van der Waals surface area contributed by atoms with Gasteiger partial charge >= 0.3 is 0 Å². The van der Waals surface area contributed by atoms with Gasteiger partial charge in [-0.25, -0.2) is 0 Å². The largest absolute Gasteiger partial charge is 0.484 e. The van der Waals surface area contributed by atoms with E-state index < -0.39 is 0 Å². The second-order valence-electron chi connectivity index (χ2n) is 4.44. The number of nitrogens with one attached hydrogen (secondary N) is 1. The van der Waals surface area contributed by atoms with Gasteiger partial charge in [-0.2, -0.15) is 0 Å². The first-order chi connectivity index (χ1) is 8.61. The summed E-state index contributed by atoms with van der Waals surface area (Å²) in [5.74, 6) is 0.565. The maximum Gasteiger partial charge on any atom is 0.258 e. The van der Waals surface area contributed by atoms with Gasteiger partial charge in [0.15, 0.2) is 6.61 Å². The molecular weight excluding hydrogens is 230 g/mol. The van der Waals surface area contributed by atoms with E-state index >= 15 is 0 Å². The SMILES string of the molecule is Cc1cccc(OCC(=O)NC(C)CCCO)c1. The van der Waals surface area contributed by atoms with Gasteiger partial charge < -0.3 is 15.2 Å². The lowest BCUT2D eigenvalue weighted by Gasteiger charge is -2.13. The number of hydrogen-bond donors (Lipinski definition) is 2. The summed E-state index contributed by atoms with van der Waals surface area (Å²) in [5, 5.41) is 11.5. The van der Waals surface area contributed by atoms with Crippen LogP contribution in [0, 0.1) is 6.92 Å². The molecule has 1 aromatic carbocycles. The highest BCUT2D eigenvalue weighted by molar-refractivity contribution is 5.77. The molecule has 100 valence electrons. The van der Waals surface area contributed by atoms with E-state index in [0.717, 1.165) is 12.0 Å². The number of aliphatic hydroxyl groups is 1. The Hall–Kier alpha value is -1.55. The molecule has 18 heavy (non-hydrogen) atoms. The minimum atomic E-state index is -0.137. The van der Waals surface area contributed by atoms with E-state index in [-0.39, 0.29) is 25.2 Å². The number of aryl methyl sites for hydroxylation is 1. The topological polar surface area (TPSA) is 58.6 Å². The lowest BCUT2D eigenvalue weighted by atomic mass is 10.2. The standard InChI is InChI=1S/C14H21NO3/c1-11-5-3-7-13(9-11)18-10-14(17)15-12(2)6-4-8-16/h3,5,7,9,12,16H,4,6,8,10H2,1-2H3,(H,15,17). The van der Waals surface area contributed by atoms with Crippen LogP contribution in [0.2, 0.25) is 0 Å². The van der Waals surface area contributed by atoms with Crippen LogP contribution in [-0.2, 0) is 4.79 Å². The number of ether oxygens (including phenoxy) is 1. The van der Waals surface area contributed by atoms with Crippen LogP contribution in [0.3, 0.4) is 0 Å². The number of carbonyl (C=O) groups is 1. The smallest absolute Gasteiger partial charge is 0.258 e. The molecule has 4 heteroatoms. The summed E-state index contributed by atoms with van der Waals surface area (Å²) in [6.45, 7) is 4.07. The first-order valence-corrected chi connectivity index (χ1v) is 6.21. The molecule has 0 aromatic heterocycles. The average Bonchev–Trinajstić information content (AvgIpc) is 2.34. The Bertz CT molecular complexity index is 379. The fourth-order valence-electron chi connectivity index (χ4n) is 1.64. The molecule has 1 unspecified atom stereocenters. The minimum Gasteiger partial charge on any atom is -0.484 e. The number of aliphatic hydroxyl groups excluding tert-OH is 1. The van der Waals surface area contributed by atoms with Crippen LogP contribution in [0.15, 0.2) is 24.3 Å². The Balaban J connectivity index is 2.28. The zero-order valence-electron chi connectivity index (χ0n) is 11.0. The zero-order valence-corrected chi connectivity index (χ0v) is 11.0. The van der Waals surface area contributed by atoms with Gasteiger partial charge in [0.05, 0.1) is 0 Å². The first-order valence-electron chi connectivity index (χ1n) is 6.21. The van der Waals surface area contributed by atoms with Crippen molar-refractivity contribution in [2.24, 2.45) is 0 Å². The lowest BCUT2D eigenvalue weighted by molar-refractivity contribution is -0.123. The molecule has 1 amide bonds. The molecule has 0 saturated heterocycles. The molecule has 0 radical (unpaired) electrons. The Morgan fingerprint density at radius 2 is 2.28 bits per heavy atom. The monoisotopic (exact) mass is 251 g/mol. The maximum absolute atomic E-state index is 11.6. The number of carbonyl (C=O) groups excluding carboxylic acids is 1. The fourth-order valence-corrected chi connectivity index (χ4v) is 1.64. The molecule has 0 aliphatic heterocycles. The highest BCUT2D eigenvalue weighted by Crippen LogP contribution is 2.11. The normalized spacial score (nSPS) is 11.9. The van der Waals surface area contributed by atoms with Gasteiger partial charge in [-0.1, -0.05) is 12.1 Å². The Kier molecular flexibility index (Phi) is 6.22. The van der Waals surface area contributed by atoms with E-state index in [1.807, 2.05) is 38.1 Å². The van der Waals surface area contributed by atoms with Gasteiger partial charge in [-0.15, -0.1) is 0 Å². The van der Waals surface area contributed by atoms with Crippen molar-refractivity contribution in [3.05, 3.63) is 29.8 Å². The summed E-state index contributed by atoms with van der Waals surface area (Å²) in [6.07, 6.45) is 1.47. The van der Waals surface area contributed by atoms with Gasteiger partial charge in [0.25, 0.3) is 5.91 Å². The summed E-state index contributed by atoms with van der Waals surface area (Å²) in [4.78, 5) is 11.6. The van der Waals surface area contributed by atoms with E-state index in [9.17, 15) is 4.79 Å². The number of amides is 1. The molecule has 1 aromatic rings. The van der Waals surface area contributed by atoms with Crippen LogP contribution in [0.1, 0.15) is 25.3 Å². The van der Waals surface area contributed by atoms with Crippen molar-refractivity contribution in [2.75, 3.05) is 13.2 Å². The van der Waals surface area contributed by atoms with Crippen LogP contribution >= 0.6 is 0 Å². The second kappa shape index (κ2) is 7.71. The van der Waals surface area contributed by atoms with E-state index in [4.69, 9.17) is 9.84 Å². The highest BCUT2D eigenvalue weighted by atomic mass is 16.5. The van der Waals surface area contributed by atoms with Crippen LogP contribution in [-0.4, -0.2) is 30.3 Å². The fraction of sp³-hybridized carbons (Fsp3) is 0.500. The molecule has 1 rings (SSSR count). The summed E-state index contributed by atoms with van der Waals surface area (Å²) in [7, 11) is 0. The predicted octanol–water partition coefficient (Wildman–Crippen LogP) is 1.65. The molecule has 0 bridgehead atoms. The zero-order chi connectivity index (χ0) is 13.4. The van der Waals surface area contributed by atoms with Gasteiger partial charge in [0, 0.05) is 12.6 Å². The third kappa shape index (κ3) is 5.68. The summed E-state index contributed by atoms with van der Waals surface area (Å²) in [6, 6.07) is 7.65. The number of rotatable bonds is 7. The molecule has 0 fully saturated rings. The van der Waals surface area contributed by atoms with E-state index in [0.29, 0.717) is 12.2 Å². The molecule has 0 spiro atoms. The summed E-state index contributed by atoms with van der Waals surface area (Å²) in [5.41, 5.74) is 1.10. The van der Waals surface area contributed by atoms with Gasteiger partial charge in [-0.3, -0.25) is 4.79 Å². The van der Waals surface area contributed by atoms with E-state index in [1.165, 1.54) is 0 Å². The molecule has 0 saturated carbocycles. The Morgan fingerprint density at radius 1 is 1.50 bits per heavy atom. The van der Waals surface area contributed by atoms with Crippen molar-refractivity contribution in [3.63, 3.8) is 0 Å². The molecule has 1 atom stereocenters. The van der Waals surface area contributed by atoms with Crippen molar-refractivity contribution in [2.45, 2.75) is 32.7 Å². The van der Waals surface area contributed by atoms with Gasteiger partial charge in [0.1, 0.15) is 5.75 Å². The van der Waals surface area contributed by atoms with Crippen molar-refractivity contribution in [3.8, 4) is 5.75 Å². The van der Waals surface area contributed by atoms with Crippen LogP contribution < -0.4 is 10.1 Å². The van der Waals surface area contributed by atoms with Crippen molar-refractivity contribution < 1.29 is 14.6 Å². The first kappa shape index (κ1) is 14.5. The van der Waals surface area contributed by atoms with Crippen molar-refractivity contribution >= 4 is 5.91 Å². The minimum absolute atomic E-state index is 0.0208.